The minimum Gasteiger partial charge on any atom is -0.550 e. The molecule has 0 amide bonds. The van der Waals surface area contributed by atoms with Crippen LogP contribution in [0.25, 0.3) is 0 Å². The van der Waals surface area contributed by atoms with Crippen molar-refractivity contribution in [2.45, 2.75) is 84.5 Å². The van der Waals surface area contributed by atoms with Crippen LogP contribution < -0.4 is 56.5 Å². The average Bonchev–Trinajstić information content (AvgIpc) is 2.50. The maximum absolute atomic E-state index is 10.6. The van der Waals surface area contributed by atoms with Crippen LogP contribution in [0.3, 0.4) is 0 Å². The predicted molar refractivity (Wildman–Crippen MR) is 92.1 cm³/mol. The molecule has 0 saturated carbocycles. The van der Waals surface area contributed by atoms with E-state index in [1.165, 1.54) is 51.4 Å². The average molecular weight is 348 g/mol. The van der Waals surface area contributed by atoms with Gasteiger partial charge in [0.25, 0.3) is 0 Å². The molecule has 0 spiro atoms. The summed E-state index contributed by atoms with van der Waals surface area (Å²) in [7, 11) is 0. The SMILES string of the molecule is CCCCCC/C=C/N(/C=C/CCCCCC)CCC(=O)[O-].[K+]. The number of nitrogens with zero attached hydrogens (tertiary/aromatic N) is 1. The van der Waals surface area contributed by atoms with Gasteiger partial charge in [-0.05, 0) is 38.1 Å². The summed E-state index contributed by atoms with van der Waals surface area (Å²) in [4.78, 5) is 12.6. The molecule has 23 heavy (non-hydrogen) atoms. The van der Waals surface area contributed by atoms with E-state index in [9.17, 15) is 9.90 Å². The van der Waals surface area contributed by atoms with Crippen molar-refractivity contribution in [3.05, 3.63) is 24.6 Å². The van der Waals surface area contributed by atoms with Crippen LogP contribution in [0.4, 0.5) is 0 Å². The molecule has 0 aromatic carbocycles. The molecule has 0 aromatic heterocycles. The number of unbranched alkanes of at least 4 members (excludes halogenated alkanes) is 8. The summed E-state index contributed by atoms with van der Waals surface area (Å²) in [5.41, 5.74) is 0. The monoisotopic (exact) mass is 347 g/mol. The summed E-state index contributed by atoms with van der Waals surface area (Å²) in [5, 5.41) is 10.6. The van der Waals surface area contributed by atoms with Crippen molar-refractivity contribution in [2.75, 3.05) is 6.54 Å². The number of carbonyl (C=O) groups is 1. The van der Waals surface area contributed by atoms with Crippen molar-refractivity contribution in [3.63, 3.8) is 0 Å². The third kappa shape index (κ3) is 20.3. The van der Waals surface area contributed by atoms with Gasteiger partial charge in [-0.25, -0.2) is 0 Å². The van der Waals surface area contributed by atoms with Crippen molar-refractivity contribution in [2.24, 2.45) is 0 Å². The van der Waals surface area contributed by atoms with E-state index in [1.807, 2.05) is 17.3 Å². The summed E-state index contributed by atoms with van der Waals surface area (Å²) >= 11 is 0. The Morgan fingerprint density at radius 2 is 1.35 bits per heavy atom. The Labute approximate surface area is 186 Å². The van der Waals surface area contributed by atoms with Crippen LogP contribution in [0.5, 0.6) is 0 Å². The summed E-state index contributed by atoms with van der Waals surface area (Å²) in [6.45, 7) is 4.91. The number of allylic oxidation sites excluding steroid dienone is 2. The van der Waals surface area contributed by atoms with Gasteiger partial charge in [0.15, 0.2) is 0 Å². The third-order valence-corrected chi connectivity index (χ3v) is 3.62. The Hall–Kier alpha value is 0.386. The standard InChI is InChI=1S/C19H35NO2.K/c1-3-5-7-9-11-13-16-20(18-15-19(21)22)17-14-12-10-8-6-4-2;/h13-14,16-17H,3-12,15,18H2,1-2H3,(H,21,22);/q;+1/p-1/b16-13+,17-14+;. The normalized spacial score (nSPS) is 11.0. The van der Waals surface area contributed by atoms with Crippen molar-refractivity contribution >= 4 is 5.97 Å². The smallest absolute Gasteiger partial charge is 0.550 e. The Bertz CT molecular complexity index is 294. The van der Waals surface area contributed by atoms with E-state index in [-0.39, 0.29) is 57.8 Å². The number of rotatable bonds is 15. The van der Waals surface area contributed by atoms with Crippen molar-refractivity contribution in [1.82, 2.24) is 4.90 Å². The molecule has 0 radical (unpaired) electrons. The van der Waals surface area contributed by atoms with Gasteiger partial charge >= 0.3 is 51.4 Å². The Morgan fingerprint density at radius 1 is 0.870 bits per heavy atom. The zero-order valence-corrected chi connectivity index (χ0v) is 18.7. The van der Waals surface area contributed by atoms with Crippen LogP contribution in [0, 0.1) is 0 Å². The maximum Gasteiger partial charge on any atom is 1.00 e. The van der Waals surface area contributed by atoms with Gasteiger partial charge in [-0.1, -0.05) is 64.5 Å². The Balaban J connectivity index is 0. The number of carbonyl (C=O) groups excluding carboxylic acids is 1. The van der Waals surface area contributed by atoms with E-state index in [0.717, 1.165) is 12.8 Å². The van der Waals surface area contributed by atoms with Crippen LogP contribution in [0.1, 0.15) is 84.5 Å². The molecule has 128 valence electrons. The van der Waals surface area contributed by atoms with Crippen LogP contribution in [-0.2, 0) is 4.79 Å². The molecule has 0 N–H and O–H groups in total. The zero-order chi connectivity index (χ0) is 16.5. The fourth-order valence-electron chi connectivity index (χ4n) is 2.22. The van der Waals surface area contributed by atoms with Crippen LogP contribution in [-0.4, -0.2) is 17.4 Å². The number of hydrogen-bond donors (Lipinski definition) is 0. The Kier molecular flexibility index (Phi) is 22.8. The molecule has 0 heterocycles. The van der Waals surface area contributed by atoms with Crippen LogP contribution in [0.15, 0.2) is 24.6 Å². The number of aliphatic carboxylic acids is 1. The minimum absolute atomic E-state index is 0. The first kappa shape index (κ1) is 25.6. The van der Waals surface area contributed by atoms with Crippen LogP contribution >= 0.6 is 0 Å². The largest absolute Gasteiger partial charge is 1.00 e. The second kappa shape index (κ2) is 20.4. The number of carboxylic acids is 1. The van der Waals surface area contributed by atoms with E-state index in [0.29, 0.717) is 6.54 Å². The van der Waals surface area contributed by atoms with Gasteiger partial charge in [0.1, 0.15) is 0 Å². The molecule has 0 aliphatic rings. The van der Waals surface area contributed by atoms with E-state index >= 15 is 0 Å². The van der Waals surface area contributed by atoms with E-state index < -0.39 is 5.97 Å². The second-order valence-corrected chi connectivity index (χ2v) is 5.83. The molecule has 0 atom stereocenters. The van der Waals surface area contributed by atoms with Crippen molar-refractivity contribution in [1.29, 1.82) is 0 Å². The summed E-state index contributed by atoms with van der Waals surface area (Å²) < 4.78 is 0. The minimum atomic E-state index is -0.988. The molecule has 0 aromatic rings. The molecule has 4 heteroatoms. The fourth-order valence-corrected chi connectivity index (χ4v) is 2.22. The molecular weight excluding hydrogens is 313 g/mol. The second-order valence-electron chi connectivity index (χ2n) is 5.83. The molecule has 0 aliphatic heterocycles. The molecule has 0 aliphatic carbocycles. The van der Waals surface area contributed by atoms with E-state index in [4.69, 9.17) is 0 Å². The quantitative estimate of drug-likeness (QED) is 0.332. The Morgan fingerprint density at radius 3 is 1.74 bits per heavy atom. The third-order valence-electron chi connectivity index (χ3n) is 3.62. The van der Waals surface area contributed by atoms with Gasteiger partial charge in [0.2, 0.25) is 0 Å². The summed E-state index contributed by atoms with van der Waals surface area (Å²) in [5.74, 6) is -0.988. The molecule has 0 unspecified atom stereocenters. The molecule has 0 fully saturated rings. The molecule has 0 saturated heterocycles. The van der Waals surface area contributed by atoms with Gasteiger partial charge in [0, 0.05) is 18.9 Å². The molecule has 0 bridgehead atoms. The zero-order valence-electron chi connectivity index (χ0n) is 15.6. The van der Waals surface area contributed by atoms with Gasteiger partial charge in [-0.15, -0.1) is 0 Å². The maximum atomic E-state index is 10.6. The van der Waals surface area contributed by atoms with Crippen LogP contribution in [0.2, 0.25) is 0 Å². The molecule has 0 rings (SSSR count). The number of hydrogen-bond acceptors (Lipinski definition) is 3. The van der Waals surface area contributed by atoms with Crippen molar-refractivity contribution < 1.29 is 61.3 Å². The predicted octanol–water partition coefficient (Wildman–Crippen LogP) is 1.40. The van der Waals surface area contributed by atoms with Gasteiger partial charge in [-0.2, -0.15) is 0 Å². The summed E-state index contributed by atoms with van der Waals surface area (Å²) in [6.07, 6.45) is 20.6. The first-order valence-corrected chi connectivity index (χ1v) is 8.99. The van der Waals surface area contributed by atoms with Gasteiger partial charge in [-0.3, -0.25) is 0 Å². The molecular formula is C19H34KNO2. The first-order chi connectivity index (χ1) is 10.7. The summed E-state index contributed by atoms with van der Waals surface area (Å²) in [6, 6.07) is 0. The van der Waals surface area contributed by atoms with E-state index in [1.54, 1.807) is 0 Å². The fraction of sp³-hybridized carbons (Fsp3) is 0.737. The van der Waals surface area contributed by atoms with Gasteiger partial charge < -0.3 is 14.8 Å². The van der Waals surface area contributed by atoms with Gasteiger partial charge in [0.05, 0.1) is 0 Å². The van der Waals surface area contributed by atoms with E-state index in [2.05, 4.69) is 26.0 Å². The topological polar surface area (TPSA) is 43.4 Å². The first-order valence-electron chi connectivity index (χ1n) is 8.99. The number of carboxylic acid groups (broad SMARTS) is 1. The van der Waals surface area contributed by atoms with Crippen molar-refractivity contribution in [3.8, 4) is 0 Å². The molecule has 3 nitrogen and oxygen atoms in total.